The molecule has 0 bridgehead atoms. The number of hydrogen-bond donors (Lipinski definition) is 4. The Kier molecular flexibility index (Phi) is 4.92. The SMILES string of the molecule is CN1C(=N)NC(c2cc(NC(=O)c3ccc(F)cn3)ccc2F)C[SH]1(C)=O. The van der Waals surface area contributed by atoms with Gasteiger partial charge in [-0.3, -0.25) is 18.7 Å². The van der Waals surface area contributed by atoms with Crippen LogP contribution >= 0.6 is 0 Å². The Bertz CT molecular complexity index is 951. The van der Waals surface area contributed by atoms with Crippen LogP contribution in [0.25, 0.3) is 0 Å². The second-order valence-corrected chi connectivity index (χ2v) is 9.42. The van der Waals surface area contributed by atoms with Crippen LogP contribution in [0.1, 0.15) is 22.1 Å². The van der Waals surface area contributed by atoms with Crippen molar-refractivity contribution in [2.24, 2.45) is 0 Å². The predicted octanol–water partition coefficient (Wildman–Crippen LogP) is 1.68. The highest BCUT2D eigenvalue weighted by atomic mass is 32.3. The highest BCUT2D eigenvalue weighted by molar-refractivity contribution is 8.00. The molecule has 1 aliphatic rings. The predicted molar refractivity (Wildman–Crippen MR) is 100 cm³/mol. The van der Waals surface area contributed by atoms with Crippen LogP contribution in [0.5, 0.6) is 0 Å². The molecule has 1 fully saturated rings. The van der Waals surface area contributed by atoms with Crippen molar-refractivity contribution in [2.75, 3.05) is 24.4 Å². The van der Waals surface area contributed by atoms with Gasteiger partial charge in [-0.05, 0) is 40.5 Å². The lowest BCUT2D eigenvalue weighted by atomic mass is 10.1. The summed E-state index contributed by atoms with van der Waals surface area (Å²) in [5.74, 6) is -1.59. The summed E-state index contributed by atoms with van der Waals surface area (Å²) in [6, 6.07) is 5.68. The number of carbonyl (C=O) groups excluding carboxylic acids is 1. The summed E-state index contributed by atoms with van der Waals surface area (Å²) in [4.78, 5) is 15.9. The zero-order chi connectivity index (χ0) is 19.8. The molecule has 1 unspecified atom stereocenters. The topological polar surface area (TPSA) is 98.2 Å². The van der Waals surface area contributed by atoms with Gasteiger partial charge in [-0.25, -0.2) is 13.8 Å². The normalized spacial score (nSPS) is 19.9. The quantitative estimate of drug-likeness (QED) is 0.595. The summed E-state index contributed by atoms with van der Waals surface area (Å²) in [5, 5.41) is 13.3. The minimum Gasteiger partial charge on any atom is -0.348 e. The number of anilines is 1. The van der Waals surface area contributed by atoms with Crippen molar-refractivity contribution in [3.63, 3.8) is 0 Å². The van der Waals surface area contributed by atoms with Crippen molar-refractivity contribution in [1.29, 1.82) is 5.41 Å². The molecule has 2 aromatic rings. The number of pyridine rings is 1. The largest absolute Gasteiger partial charge is 0.348 e. The number of carbonyl (C=O) groups is 1. The average molecular weight is 395 g/mol. The summed E-state index contributed by atoms with van der Waals surface area (Å²) in [6.07, 6.45) is 2.47. The number of nitrogens with zero attached hydrogens (tertiary/aromatic N) is 2. The summed E-state index contributed by atoms with van der Waals surface area (Å²) in [6.45, 7) is 0. The van der Waals surface area contributed by atoms with Gasteiger partial charge in [0.15, 0.2) is 0 Å². The molecule has 0 saturated carbocycles. The van der Waals surface area contributed by atoms with Crippen LogP contribution in [0.2, 0.25) is 0 Å². The number of halogens is 2. The van der Waals surface area contributed by atoms with E-state index in [4.69, 9.17) is 5.41 Å². The third-order valence-electron chi connectivity index (χ3n) is 4.38. The molecule has 3 rings (SSSR count). The van der Waals surface area contributed by atoms with Crippen LogP contribution in [0, 0.1) is 17.0 Å². The van der Waals surface area contributed by atoms with E-state index < -0.39 is 33.7 Å². The van der Waals surface area contributed by atoms with Gasteiger partial charge in [0.25, 0.3) is 5.91 Å². The molecule has 0 aliphatic carbocycles. The number of amides is 1. The molecule has 1 aromatic carbocycles. The van der Waals surface area contributed by atoms with E-state index in [2.05, 4.69) is 15.6 Å². The first-order valence-corrected chi connectivity index (χ1v) is 10.3. The van der Waals surface area contributed by atoms with Gasteiger partial charge < -0.3 is 10.6 Å². The van der Waals surface area contributed by atoms with Crippen LogP contribution in [0.15, 0.2) is 36.5 Å². The molecule has 0 radical (unpaired) electrons. The minimum atomic E-state index is -2.82. The Hall–Kier alpha value is -2.88. The van der Waals surface area contributed by atoms with E-state index in [-0.39, 0.29) is 23.0 Å². The molecule has 1 atom stereocenters. The maximum Gasteiger partial charge on any atom is 0.274 e. The first-order valence-electron chi connectivity index (χ1n) is 8.05. The second kappa shape index (κ2) is 7.03. The van der Waals surface area contributed by atoms with Crippen LogP contribution in [0.3, 0.4) is 0 Å². The van der Waals surface area contributed by atoms with E-state index in [0.29, 0.717) is 5.69 Å². The smallest absolute Gasteiger partial charge is 0.274 e. The Morgan fingerprint density at radius 2 is 2.11 bits per heavy atom. The third kappa shape index (κ3) is 3.95. The molecule has 3 N–H and O–H groups in total. The van der Waals surface area contributed by atoms with Gasteiger partial charge >= 0.3 is 0 Å². The van der Waals surface area contributed by atoms with Crippen molar-refractivity contribution < 1.29 is 17.8 Å². The number of benzene rings is 1. The van der Waals surface area contributed by atoms with Crippen LogP contribution in [0.4, 0.5) is 14.5 Å². The maximum absolute atomic E-state index is 14.4. The molecule has 144 valence electrons. The number of rotatable bonds is 3. The number of thiol groups is 1. The van der Waals surface area contributed by atoms with E-state index >= 15 is 0 Å². The second-order valence-electron chi connectivity index (χ2n) is 6.35. The molecule has 1 amide bonds. The zero-order valence-electron chi connectivity index (χ0n) is 14.7. The van der Waals surface area contributed by atoms with Gasteiger partial charge in [0.1, 0.15) is 17.3 Å². The summed E-state index contributed by atoms with van der Waals surface area (Å²) in [7, 11) is -1.27. The fraction of sp³-hybridized carbons (Fsp3) is 0.235. The number of aromatic nitrogens is 1. The molecule has 27 heavy (non-hydrogen) atoms. The maximum atomic E-state index is 14.4. The molecule has 7 nitrogen and oxygen atoms in total. The van der Waals surface area contributed by atoms with E-state index in [9.17, 15) is 17.8 Å². The van der Waals surface area contributed by atoms with Gasteiger partial charge in [0.05, 0.1) is 12.2 Å². The van der Waals surface area contributed by atoms with Gasteiger partial charge in [0, 0.05) is 30.3 Å². The fourth-order valence-corrected chi connectivity index (χ4v) is 4.44. The molecule has 1 saturated heterocycles. The monoisotopic (exact) mass is 395 g/mol. The van der Waals surface area contributed by atoms with Gasteiger partial charge in [0.2, 0.25) is 5.96 Å². The van der Waals surface area contributed by atoms with E-state index in [1.165, 1.54) is 28.6 Å². The number of guanidine groups is 1. The molecular weight excluding hydrogens is 376 g/mol. The minimum absolute atomic E-state index is 0.0135. The zero-order valence-corrected chi connectivity index (χ0v) is 15.6. The Balaban J connectivity index is 1.84. The lowest BCUT2D eigenvalue weighted by Gasteiger charge is -2.41. The number of nitrogens with one attached hydrogen (secondary N) is 3. The number of hydrogen-bond acceptors (Lipinski definition) is 4. The molecule has 2 heterocycles. The lowest BCUT2D eigenvalue weighted by Crippen LogP contribution is -2.55. The first kappa shape index (κ1) is 18.9. The van der Waals surface area contributed by atoms with Gasteiger partial charge in [-0.1, -0.05) is 0 Å². The average Bonchev–Trinajstić information content (AvgIpc) is 2.61. The van der Waals surface area contributed by atoms with Crippen LogP contribution in [-0.2, 0) is 10.1 Å². The van der Waals surface area contributed by atoms with E-state index in [1.54, 1.807) is 13.3 Å². The summed E-state index contributed by atoms with van der Waals surface area (Å²) >= 11 is 0. The highest BCUT2D eigenvalue weighted by Crippen LogP contribution is 2.28. The molecule has 0 spiro atoms. The Morgan fingerprint density at radius 3 is 2.74 bits per heavy atom. The third-order valence-corrected chi connectivity index (χ3v) is 6.89. The molecule has 1 aliphatic heterocycles. The first-order chi connectivity index (χ1) is 12.7. The van der Waals surface area contributed by atoms with Crippen molar-refractivity contribution in [1.82, 2.24) is 14.6 Å². The standard InChI is InChI=1S/C17H19F2N5O2S/c1-24-17(20)23-15(9-27(24,2)26)12-7-11(4-5-13(12)19)22-16(25)14-6-3-10(18)8-21-14/h3-8,15,27H,9H2,1-2H3,(H2,20,23)(H,22,25). The molecular formula is C17H19F2N5O2S. The summed E-state index contributed by atoms with van der Waals surface area (Å²) < 4.78 is 41.3. The molecule has 1 aromatic heterocycles. The van der Waals surface area contributed by atoms with Gasteiger partial charge in [-0.15, -0.1) is 0 Å². The van der Waals surface area contributed by atoms with Crippen molar-refractivity contribution in [3.8, 4) is 0 Å². The van der Waals surface area contributed by atoms with Gasteiger partial charge in [-0.2, -0.15) is 0 Å². The Labute approximate surface area is 155 Å². The van der Waals surface area contributed by atoms with Crippen LogP contribution < -0.4 is 10.6 Å². The van der Waals surface area contributed by atoms with Crippen molar-refractivity contribution >= 4 is 27.7 Å². The van der Waals surface area contributed by atoms with Crippen LogP contribution in [-0.4, -0.2) is 44.4 Å². The Morgan fingerprint density at radius 1 is 1.37 bits per heavy atom. The van der Waals surface area contributed by atoms with Crippen molar-refractivity contribution in [3.05, 3.63) is 59.4 Å². The molecule has 10 heteroatoms. The van der Waals surface area contributed by atoms with Crippen molar-refractivity contribution in [2.45, 2.75) is 6.04 Å². The summed E-state index contributed by atoms with van der Waals surface area (Å²) in [5.41, 5.74) is 0.514. The highest BCUT2D eigenvalue weighted by Gasteiger charge is 2.32. The van der Waals surface area contributed by atoms with E-state index in [1.807, 2.05) is 0 Å². The fourth-order valence-electron chi connectivity index (χ4n) is 2.75. The van der Waals surface area contributed by atoms with E-state index in [0.717, 1.165) is 12.3 Å². The lowest BCUT2D eigenvalue weighted by molar-refractivity contribution is 0.102.